The van der Waals surface area contributed by atoms with E-state index in [9.17, 15) is 9.59 Å². The fraction of sp³-hybridized carbons (Fsp3) is 0.556. The molecule has 1 atom stereocenters. The van der Waals surface area contributed by atoms with Gasteiger partial charge in [-0.05, 0) is 32.2 Å². The number of benzene rings is 1. The molecule has 1 aromatic carbocycles. The van der Waals surface area contributed by atoms with Crippen molar-refractivity contribution in [3.8, 4) is 5.75 Å². The zero-order chi connectivity index (χ0) is 18.6. The molecule has 1 aromatic rings. The first kappa shape index (κ1) is 19.2. The van der Waals surface area contributed by atoms with Crippen LogP contribution in [0.2, 0.25) is 0 Å². The highest BCUT2D eigenvalue weighted by molar-refractivity contribution is 6.00. The van der Waals surface area contributed by atoms with Gasteiger partial charge < -0.3 is 19.9 Å². The molecule has 1 aliphatic rings. The molecule has 0 spiro atoms. The third kappa shape index (κ3) is 4.70. The number of nitrogens with one attached hydrogen (secondary N) is 1. The van der Waals surface area contributed by atoms with Crippen LogP contribution in [0.4, 0.5) is 5.69 Å². The lowest BCUT2D eigenvalue weighted by atomic mass is 10.1. The van der Waals surface area contributed by atoms with Crippen LogP contribution in [0.15, 0.2) is 18.2 Å². The number of ether oxygens (including phenoxy) is 1. The molecule has 1 fully saturated rings. The van der Waals surface area contributed by atoms with Gasteiger partial charge in [0.15, 0.2) is 0 Å². The average molecular weight is 348 g/mol. The van der Waals surface area contributed by atoms with Crippen molar-refractivity contribution in [2.24, 2.45) is 0 Å². The number of piperazine rings is 1. The minimum Gasteiger partial charge on any atom is -0.496 e. The van der Waals surface area contributed by atoms with Crippen LogP contribution < -0.4 is 10.1 Å². The van der Waals surface area contributed by atoms with Crippen molar-refractivity contribution < 1.29 is 14.3 Å². The highest BCUT2D eigenvalue weighted by Crippen LogP contribution is 2.24. The van der Waals surface area contributed by atoms with E-state index in [4.69, 9.17) is 4.74 Å². The summed E-state index contributed by atoms with van der Waals surface area (Å²) in [5.41, 5.74) is 1.02. The van der Waals surface area contributed by atoms with Crippen molar-refractivity contribution in [2.45, 2.75) is 13.0 Å². The maximum Gasteiger partial charge on any atom is 0.257 e. The van der Waals surface area contributed by atoms with Crippen LogP contribution in [0, 0.1) is 0 Å². The maximum atomic E-state index is 12.6. The van der Waals surface area contributed by atoms with Crippen LogP contribution in [0.5, 0.6) is 5.75 Å². The Bertz CT molecular complexity index is 625. The summed E-state index contributed by atoms with van der Waals surface area (Å²) in [7, 11) is 6.98. The molecule has 0 saturated carbocycles. The Kier molecular flexibility index (Phi) is 6.39. The summed E-state index contributed by atoms with van der Waals surface area (Å²) >= 11 is 0. The normalized spacial score (nSPS) is 17.0. The van der Waals surface area contributed by atoms with Gasteiger partial charge >= 0.3 is 0 Å². The lowest BCUT2D eigenvalue weighted by molar-refractivity contribution is -0.121. The van der Waals surface area contributed by atoms with Gasteiger partial charge in [-0.25, -0.2) is 0 Å². The highest BCUT2D eigenvalue weighted by atomic mass is 16.5. The van der Waals surface area contributed by atoms with E-state index in [1.54, 1.807) is 32.3 Å². The zero-order valence-electron chi connectivity index (χ0n) is 15.7. The summed E-state index contributed by atoms with van der Waals surface area (Å²) in [6, 6.07) is 4.89. The molecule has 138 valence electrons. The van der Waals surface area contributed by atoms with Gasteiger partial charge in [0.2, 0.25) is 5.91 Å². The summed E-state index contributed by atoms with van der Waals surface area (Å²) in [5, 5.41) is 2.92. The van der Waals surface area contributed by atoms with Gasteiger partial charge in [-0.2, -0.15) is 0 Å². The van der Waals surface area contributed by atoms with Crippen molar-refractivity contribution >= 4 is 17.5 Å². The van der Waals surface area contributed by atoms with E-state index in [0.29, 0.717) is 17.0 Å². The van der Waals surface area contributed by atoms with Gasteiger partial charge in [0.05, 0.1) is 18.7 Å². The van der Waals surface area contributed by atoms with Crippen LogP contribution in [-0.2, 0) is 4.79 Å². The van der Waals surface area contributed by atoms with Crippen molar-refractivity contribution in [3.05, 3.63) is 23.8 Å². The molecule has 0 aliphatic carbocycles. The quantitative estimate of drug-likeness (QED) is 0.859. The van der Waals surface area contributed by atoms with Gasteiger partial charge in [0, 0.05) is 46.0 Å². The highest BCUT2D eigenvalue weighted by Gasteiger charge is 2.25. The SMILES string of the molecule is COc1ccc(NC(=O)C(C)N2CCN(C)CC2)cc1C(=O)N(C)C. The number of carbonyl (C=O) groups is 2. The first-order valence-corrected chi connectivity index (χ1v) is 8.46. The van der Waals surface area contributed by atoms with Crippen LogP contribution in [0.25, 0.3) is 0 Å². The van der Waals surface area contributed by atoms with Crippen LogP contribution >= 0.6 is 0 Å². The van der Waals surface area contributed by atoms with E-state index in [2.05, 4.69) is 22.2 Å². The Morgan fingerprint density at radius 3 is 2.40 bits per heavy atom. The largest absolute Gasteiger partial charge is 0.496 e. The van der Waals surface area contributed by atoms with Crippen molar-refractivity contribution in [1.29, 1.82) is 0 Å². The second-order valence-corrected chi connectivity index (χ2v) is 6.62. The molecule has 1 N–H and O–H groups in total. The number of carbonyl (C=O) groups excluding carboxylic acids is 2. The number of anilines is 1. The average Bonchev–Trinajstić information content (AvgIpc) is 2.60. The Hall–Kier alpha value is -2.12. The van der Waals surface area contributed by atoms with Gasteiger partial charge in [0.1, 0.15) is 5.75 Å². The molecule has 1 aliphatic heterocycles. The molecule has 1 saturated heterocycles. The number of rotatable bonds is 5. The van der Waals surface area contributed by atoms with E-state index in [1.807, 2.05) is 6.92 Å². The summed E-state index contributed by atoms with van der Waals surface area (Å²) in [6.07, 6.45) is 0. The number of likely N-dealkylation sites (N-methyl/N-ethyl adjacent to an activating group) is 1. The van der Waals surface area contributed by atoms with Crippen molar-refractivity contribution in [3.63, 3.8) is 0 Å². The molecule has 7 heteroatoms. The van der Waals surface area contributed by atoms with Gasteiger partial charge in [-0.1, -0.05) is 0 Å². The summed E-state index contributed by atoms with van der Waals surface area (Å²) < 4.78 is 5.26. The number of methoxy groups -OCH3 is 1. The van der Waals surface area contributed by atoms with E-state index < -0.39 is 0 Å². The molecule has 0 aromatic heterocycles. The van der Waals surface area contributed by atoms with Gasteiger partial charge in [0.25, 0.3) is 5.91 Å². The topological polar surface area (TPSA) is 65.1 Å². The molecule has 1 heterocycles. The van der Waals surface area contributed by atoms with E-state index in [1.165, 1.54) is 12.0 Å². The summed E-state index contributed by atoms with van der Waals surface area (Å²) in [5.74, 6) is 0.252. The van der Waals surface area contributed by atoms with E-state index in [0.717, 1.165) is 26.2 Å². The smallest absolute Gasteiger partial charge is 0.257 e. The Labute approximate surface area is 149 Å². The Balaban J connectivity index is 2.10. The Morgan fingerprint density at radius 1 is 1.20 bits per heavy atom. The Morgan fingerprint density at radius 2 is 1.84 bits per heavy atom. The fourth-order valence-electron chi connectivity index (χ4n) is 2.82. The first-order valence-electron chi connectivity index (χ1n) is 8.46. The second-order valence-electron chi connectivity index (χ2n) is 6.62. The molecular weight excluding hydrogens is 320 g/mol. The predicted octanol–water partition coefficient (Wildman–Crippen LogP) is 0.971. The monoisotopic (exact) mass is 348 g/mol. The number of hydrogen-bond acceptors (Lipinski definition) is 5. The van der Waals surface area contributed by atoms with Crippen molar-refractivity contribution in [2.75, 3.05) is 59.7 Å². The van der Waals surface area contributed by atoms with Crippen molar-refractivity contribution in [1.82, 2.24) is 14.7 Å². The minimum atomic E-state index is -0.219. The van der Waals surface area contributed by atoms with Crippen LogP contribution in [0.1, 0.15) is 17.3 Å². The lowest BCUT2D eigenvalue weighted by Gasteiger charge is -2.35. The number of amides is 2. The van der Waals surface area contributed by atoms with Gasteiger partial charge in [-0.15, -0.1) is 0 Å². The summed E-state index contributed by atoms with van der Waals surface area (Å²) in [4.78, 5) is 30.8. The predicted molar refractivity (Wildman–Crippen MR) is 98.2 cm³/mol. The molecular formula is C18H28N4O3. The molecule has 7 nitrogen and oxygen atoms in total. The fourth-order valence-corrected chi connectivity index (χ4v) is 2.82. The lowest BCUT2D eigenvalue weighted by Crippen LogP contribution is -2.51. The standard InChI is InChI=1S/C18H28N4O3/c1-13(22-10-8-21(4)9-11-22)17(23)19-14-6-7-16(25-5)15(12-14)18(24)20(2)3/h6-7,12-13H,8-11H2,1-5H3,(H,19,23). The second kappa shape index (κ2) is 8.31. The molecule has 2 amide bonds. The third-order valence-corrected chi connectivity index (χ3v) is 4.57. The first-order chi connectivity index (χ1) is 11.8. The third-order valence-electron chi connectivity index (χ3n) is 4.57. The maximum absolute atomic E-state index is 12.6. The van der Waals surface area contributed by atoms with E-state index in [-0.39, 0.29) is 17.9 Å². The van der Waals surface area contributed by atoms with E-state index >= 15 is 0 Å². The number of hydrogen-bond donors (Lipinski definition) is 1. The molecule has 2 rings (SSSR count). The zero-order valence-corrected chi connectivity index (χ0v) is 15.7. The molecule has 1 unspecified atom stereocenters. The molecule has 0 bridgehead atoms. The van der Waals surface area contributed by atoms with Crippen LogP contribution in [0.3, 0.4) is 0 Å². The van der Waals surface area contributed by atoms with Crippen LogP contribution in [-0.4, -0.2) is 87.0 Å². The molecule has 25 heavy (non-hydrogen) atoms. The van der Waals surface area contributed by atoms with Gasteiger partial charge in [-0.3, -0.25) is 14.5 Å². The molecule has 0 radical (unpaired) electrons. The minimum absolute atomic E-state index is 0.0713. The summed E-state index contributed by atoms with van der Waals surface area (Å²) in [6.45, 7) is 5.58. The number of nitrogens with zero attached hydrogens (tertiary/aromatic N) is 3.